The Bertz CT molecular complexity index is 499. The first kappa shape index (κ1) is 9.52. The van der Waals surface area contributed by atoms with Crippen LogP contribution in [0.3, 0.4) is 0 Å². The van der Waals surface area contributed by atoms with E-state index in [1.807, 2.05) is 18.4 Å². The molecule has 2 aliphatic heterocycles. The minimum Gasteiger partial charge on any atom is -0.291 e. The molecule has 0 N–H and O–H groups in total. The van der Waals surface area contributed by atoms with Gasteiger partial charge in [-0.3, -0.25) is 9.98 Å². The number of hydrogen-bond acceptors (Lipinski definition) is 2. The molecule has 0 radical (unpaired) electrons. The molecule has 0 saturated carbocycles. The zero-order valence-corrected chi connectivity index (χ0v) is 9.19. The molecule has 0 spiro atoms. The topological polar surface area (TPSA) is 24.7 Å². The summed E-state index contributed by atoms with van der Waals surface area (Å²) < 4.78 is 0. The summed E-state index contributed by atoms with van der Waals surface area (Å²) >= 11 is 0. The van der Waals surface area contributed by atoms with Crippen LogP contribution in [0.4, 0.5) is 5.69 Å². The second kappa shape index (κ2) is 3.41. The van der Waals surface area contributed by atoms with E-state index in [-0.39, 0.29) is 5.41 Å². The maximum Gasteiger partial charge on any atom is 0.0699 e. The Kier molecular flexibility index (Phi) is 2.03. The lowest BCUT2D eigenvalue weighted by atomic mass is 9.71. The molecule has 2 nitrogen and oxygen atoms in total. The van der Waals surface area contributed by atoms with Crippen molar-refractivity contribution < 1.29 is 0 Å². The molecule has 0 fully saturated rings. The molecule has 0 aromatic heterocycles. The van der Waals surface area contributed by atoms with Crippen LogP contribution in [0.2, 0.25) is 0 Å². The van der Waals surface area contributed by atoms with E-state index in [9.17, 15) is 0 Å². The first-order chi connectivity index (χ1) is 7.87. The molecule has 2 aliphatic rings. The van der Waals surface area contributed by atoms with Crippen molar-refractivity contribution in [2.24, 2.45) is 9.98 Å². The van der Waals surface area contributed by atoms with Gasteiger partial charge in [0.25, 0.3) is 0 Å². The molecule has 1 unspecified atom stereocenters. The molecule has 2 heteroatoms. The molecule has 3 rings (SSSR count). The average molecular weight is 210 g/mol. The van der Waals surface area contributed by atoms with Crippen LogP contribution in [-0.4, -0.2) is 18.5 Å². The van der Waals surface area contributed by atoms with Gasteiger partial charge in [0.05, 0.1) is 11.4 Å². The van der Waals surface area contributed by atoms with Crippen LogP contribution < -0.4 is 0 Å². The smallest absolute Gasteiger partial charge is 0.0699 e. The number of fused-ring (bicyclic) bond motifs is 3. The van der Waals surface area contributed by atoms with Gasteiger partial charge in [0, 0.05) is 18.2 Å². The molecule has 1 aromatic rings. The van der Waals surface area contributed by atoms with Crippen molar-refractivity contribution in [2.45, 2.75) is 18.3 Å². The maximum atomic E-state index is 4.68. The maximum absolute atomic E-state index is 4.68. The van der Waals surface area contributed by atoms with Crippen LogP contribution in [-0.2, 0) is 5.41 Å². The number of rotatable bonds is 2. The van der Waals surface area contributed by atoms with E-state index >= 15 is 0 Å². The minimum atomic E-state index is 0.0556. The van der Waals surface area contributed by atoms with Crippen molar-refractivity contribution in [1.82, 2.24) is 0 Å². The zero-order valence-electron chi connectivity index (χ0n) is 9.19. The van der Waals surface area contributed by atoms with Crippen molar-refractivity contribution in [3.05, 3.63) is 42.5 Å². The van der Waals surface area contributed by atoms with E-state index in [2.05, 4.69) is 34.8 Å². The normalized spacial score (nSPS) is 25.9. The van der Waals surface area contributed by atoms with Crippen LogP contribution in [0.25, 0.3) is 0 Å². The highest BCUT2D eigenvalue weighted by atomic mass is 14.9. The molecule has 0 amide bonds. The van der Waals surface area contributed by atoms with Crippen molar-refractivity contribution in [2.75, 3.05) is 6.54 Å². The summed E-state index contributed by atoms with van der Waals surface area (Å²) in [5, 5.41) is 0. The molecule has 0 bridgehead atoms. The molecular weight excluding hydrogens is 196 g/mol. The van der Waals surface area contributed by atoms with Crippen LogP contribution in [0, 0.1) is 0 Å². The van der Waals surface area contributed by atoms with Gasteiger partial charge >= 0.3 is 0 Å². The van der Waals surface area contributed by atoms with E-state index in [1.54, 1.807) is 0 Å². The van der Waals surface area contributed by atoms with Crippen molar-refractivity contribution >= 4 is 17.6 Å². The molecule has 16 heavy (non-hydrogen) atoms. The highest BCUT2D eigenvalue weighted by Gasteiger charge is 2.42. The zero-order chi connectivity index (χ0) is 11.0. The monoisotopic (exact) mass is 210 g/mol. The molecule has 0 saturated heterocycles. The fraction of sp³-hybridized carbons (Fsp3) is 0.286. The van der Waals surface area contributed by atoms with Gasteiger partial charge in [0.2, 0.25) is 0 Å². The third kappa shape index (κ3) is 1.13. The standard InChI is InChI=1S/C14H14N2/c1-2-7-14-8-9-15-10-13(14)16-12-6-4-3-5-11(12)14/h2-6,10H,1,7-9H2. The van der Waals surface area contributed by atoms with E-state index in [4.69, 9.17) is 0 Å². The fourth-order valence-corrected chi connectivity index (χ4v) is 2.74. The summed E-state index contributed by atoms with van der Waals surface area (Å²) in [5.74, 6) is 0. The second-order valence-electron chi connectivity index (χ2n) is 4.37. The predicted molar refractivity (Wildman–Crippen MR) is 68.0 cm³/mol. The molecular formula is C14H14N2. The summed E-state index contributed by atoms with van der Waals surface area (Å²) in [4.78, 5) is 9.02. The largest absolute Gasteiger partial charge is 0.291 e. The number of aliphatic imine (C=N–C) groups is 2. The molecule has 2 heterocycles. The van der Waals surface area contributed by atoms with E-state index in [0.29, 0.717) is 0 Å². The highest BCUT2D eigenvalue weighted by molar-refractivity contribution is 6.37. The van der Waals surface area contributed by atoms with Crippen LogP contribution in [0.5, 0.6) is 0 Å². The molecule has 1 atom stereocenters. The molecule has 0 aliphatic carbocycles. The highest BCUT2D eigenvalue weighted by Crippen LogP contribution is 2.45. The number of allylic oxidation sites excluding steroid dienone is 1. The summed E-state index contributed by atoms with van der Waals surface area (Å²) in [7, 11) is 0. The van der Waals surface area contributed by atoms with Crippen LogP contribution in [0.1, 0.15) is 18.4 Å². The van der Waals surface area contributed by atoms with Crippen molar-refractivity contribution in [1.29, 1.82) is 0 Å². The van der Waals surface area contributed by atoms with Crippen molar-refractivity contribution in [3.63, 3.8) is 0 Å². The molecule has 80 valence electrons. The number of hydrogen-bond donors (Lipinski definition) is 0. The summed E-state index contributed by atoms with van der Waals surface area (Å²) in [6, 6.07) is 8.40. The Morgan fingerprint density at radius 3 is 3.12 bits per heavy atom. The number of nitrogens with zero attached hydrogens (tertiary/aromatic N) is 2. The third-order valence-corrected chi connectivity index (χ3v) is 3.52. The van der Waals surface area contributed by atoms with Crippen molar-refractivity contribution in [3.8, 4) is 0 Å². The Morgan fingerprint density at radius 2 is 2.25 bits per heavy atom. The van der Waals surface area contributed by atoms with Gasteiger partial charge in [-0.25, -0.2) is 0 Å². The van der Waals surface area contributed by atoms with E-state index < -0.39 is 0 Å². The third-order valence-electron chi connectivity index (χ3n) is 3.52. The van der Waals surface area contributed by atoms with Gasteiger partial charge in [-0.05, 0) is 24.5 Å². The number of benzene rings is 1. The quantitative estimate of drug-likeness (QED) is 0.670. The van der Waals surface area contributed by atoms with Gasteiger partial charge in [-0.15, -0.1) is 6.58 Å². The summed E-state index contributed by atoms with van der Waals surface area (Å²) in [6.07, 6.45) is 5.93. The van der Waals surface area contributed by atoms with Gasteiger partial charge < -0.3 is 0 Å². The van der Waals surface area contributed by atoms with E-state index in [1.165, 1.54) is 5.56 Å². The lowest BCUT2D eigenvalue weighted by Crippen LogP contribution is -2.37. The Labute approximate surface area is 95.4 Å². The van der Waals surface area contributed by atoms with Gasteiger partial charge in [0.15, 0.2) is 0 Å². The average Bonchev–Trinajstić information content (AvgIpc) is 2.64. The lowest BCUT2D eigenvalue weighted by Gasteiger charge is -2.31. The van der Waals surface area contributed by atoms with Gasteiger partial charge in [-0.1, -0.05) is 24.3 Å². The minimum absolute atomic E-state index is 0.0556. The Morgan fingerprint density at radius 1 is 1.38 bits per heavy atom. The van der Waals surface area contributed by atoms with Crippen LogP contribution >= 0.6 is 0 Å². The predicted octanol–water partition coefficient (Wildman–Crippen LogP) is 3.06. The number of para-hydroxylation sites is 1. The molecule has 1 aromatic carbocycles. The van der Waals surface area contributed by atoms with Gasteiger partial charge in [-0.2, -0.15) is 0 Å². The lowest BCUT2D eigenvalue weighted by molar-refractivity contribution is 0.548. The Balaban J connectivity index is 2.21. The summed E-state index contributed by atoms with van der Waals surface area (Å²) in [5.41, 5.74) is 3.61. The fourth-order valence-electron chi connectivity index (χ4n) is 2.74. The second-order valence-corrected chi connectivity index (χ2v) is 4.37. The van der Waals surface area contributed by atoms with Crippen LogP contribution in [0.15, 0.2) is 46.9 Å². The van der Waals surface area contributed by atoms with E-state index in [0.717, 1.165) is 30.8 Å². The SMILES string of the molecule is C=CCC12CCN=CC1=Nc1ccccc12. The van der Waals surface area contributed by atoms with Gasteiger partial charge in [0.1, 0.15) is 0 Å². The summed E-state index contributed by atoms with van der Waals surface area (Å²) in [6.45, 7) is 4.77. The first-order valence-electron chi connectivity index (χ1n) is 5.66. The first-order valence-corrected chi connectivity index (χ1v) is 5.66. The Hall–Kier alpha value is -1.70.